The number of rotatable bonds is 3. The third-order valence-electron chi connectivity index (χ3n) is 5.09. The SMILES string of the molecule is CN(C)C1CCN(C(=O)Nc2nnc(C3CCCCC3)s2)CC1. The molecule has 23 heavy (non-hydrogen) atoms. The number of hydrogen-bond donors (Lipinski definition) is 1. The normalized spacial score (nSPS) is 20.9. The van der Waals surface area contributed by atoms with Crippen molar-refractivity contribution in [3.8, 4) is 0 Å². The standard InChI is InChI=1S/C16H27N5OS/c1-20(2)13-8-10-21(11-9-13)16(22)17-15-19-18-14(23-15)12-6-4-3-5-7-12/h12-13H,3-11H2,1-2H3,(H,17,19,22). The number of hydrogen-bond acceptors (Lipinski definition) is 5. The van der Waals surface area contributed by atoms with Gasteiger partial charge in [-0.1, -0.05) is 30.6 Å². The summed E-state index contributed by atoms with van der Waals surface area (Å²) in [4.78, 5) is 16.5. The van der Waals surface area contributed by atoms with E-state index in [1.54, 1.807) is 11.3 Å². The van der Waals surface area contributed by atoms with Crippen LogP contribution in [0.15, 0.2) is 0 Å². The van der Waals surface area contributed by atoms with Crippen molar-refractivity contribution in [1.82, 2.24) is 20.0 Å². The molecule has 1 aliphatic carbocycles. The quantitative estimate of drug-likeness (QED) is 0.920. The molecule has 1 aliphatic heterocycles. The summed E-state index contributed by atoms with van der Waals surface area (Å²) in [6.45, 7) is 1.62. The highest BCUT2D eigenvalue weighted by Crippen LogP contribution is 2.35. The van der Waals surface area contributed by atoms with E-state index in [2.05, 4.69) is 34.5 Å². The Morgan fingerprint density at radius 2 is 1.83 bits per heavy atom. The van der Waals surface area contributed by atoms with Crippen LogP contribution in [0.3, 0.4) is 0 Å². The third kappa shape index (κ3) is 4.20. The van der Waals surface area contributed by atoms with Crippen LogP contribution in [-0.4, -0.2) is 59.3 Å². The molecule has 1 N–H and O–H groups in total. The van der Waals surface area contributed by atoms with Gasteiger partial charge in [0.05, 0.1) is 0 Å². The van der Waals surface area contributed by atoms with Crippen molar-refractivity contribution in [3.05, 3.63) is 5.01 Å². The Bertz CT molecular complexity index is 518. The van der Waals surface area contributed by atoms with Gasteiger partial charge in [-0.05, 0) is 39.8 Å². The predicted octanol–water partition coefficient (Wildman–Crippen LogP) is 3.14. The molecular formula is C16H27N5OS. The fourth-order valence-corrected chi connectivity index (χ4v) is 4.46. The van der Waals surface area contributed by atoms with E-state index in [0.29, 0.717) is 17.1 Å². The highest BCUT2D eigenvalue weighted by molar-refractivity contribution is 7.15. The molecule has 0 radical (unpaired) electrons. The Labute approximate surface area is 142 Å². The number of piperidine rings is 1. The van der Waals surface area contributed by atoms with Crippen LogP contribution in [0.5, 0.6) is 0 Å². The smallest absolute Gasteiger partial charge is 0.323 e. The van der Waals surface area contributed by atoms with Crippen LogP contribution in [-0.2, 0) is 0 Å². The lowest BCUT2D eigenvalue weighted by Crippen LogP contribution is -2.46. The maximum atomic E-state index is 12.4. The summed E-state index contributed by atoms with van der Waals surface area (Å²) in [5, 5.41) is 13.1. The number of urea groups is 1. The highest BCUT2D eigenvalue weighted by atomic mass is 32.1. The lowest BCUT2D eigenvalue weighted by atomic mass is 9.90. The molecule has 2 aliphatic rings. The monoisotopic (exact) mass is 337 g/mol. The molecule has 128 valence electrons. The first-order valence-corrected chi connectivity index (χ1v) is 9.51. The Balaban J connectivity index is 1.51. The minimum atomic E-state index is -0.0337. The van der Waals surface area contributed by atoms with Crippen LogP contribution in [0.4, 0.5) is 9.93 Å². The first kappa shape index (κ1) is 16.6. The number of amides is 2. The number of likely N-dealkylation sites (tertiary alicyclic amines) is 1. The van der Waals surface area contributed by atoms with Gasteiger partial charge in [0.15, 0.2) is 0 Å². The zero-order valence-electron chi connectivity index (χ0n) is 14.1. The Morgan fingerprint density at radius 3 is 2.48 bits per heavy atom. The fraction of sp³-hybridized carbons (Fsp3) is 0.812. The summed E-state index contributed by atoms with van der Waals surface area (Å²) < 4.78 is 0. The number of aromatic nitrogens is 2. The fourth-order valence-electron chi connectivity index (χ4n) is 3.56. The molecule has 1 aromatic rings. The van der Waals surface area contributed by atoms with E-state index in [1.165, 1.54) is 32.1 Å². The molecular weight excluding hydrogens is 310 g/mol. The molecule has 0 spiro atoms. The molecule has 3 rings (SSSR count). The van der Waals surface area contributed by atoms with Crippen molar-refractivity contribution in [3.63, 3.8) is 0 Å². The van der Waals surface area contributed by atoms with Gasteiger partial charge in [0, 0.05) is 25.0 Å². The van der Waals surface area contributed by atoms with Gasteiger partial charge >= 0.3 is 6.03 Å². The molecule has 1 saturated carbocycles. The minimum absolute atomic E-state index is 0.0337. The first-order valence-electron chi connectivity index (χ1n) is 8.69. The van der Waals surface area contributed by atoms with Crippen molar-refractivity contribution in [2.45, 2.75) is 56.9 Å². The summed E-state index contributed by atoms with van der Waals surface area (Å²) in [5.74, 6) is 0.544. The van der Waals surface area contributed by atoms with Crippen LogP contribution in [0.25, 0.3) is 0 Å². The number of anilines is 1. The number of carbonyl (C=O) groups excluding carboxylic acids is 1. The summed E-state index contributed by atoms with van der Waals surface area (Å²) in [6, 6.07) is 0.548. The van der Waals surface area contributed by atoms with E-state index in [1.807, 2.05) is 4.90 Å². The van der Waals surface area contributed by atoms with E-state index in [9.17, 15) is 4.79 Å². The van der Waals surface area contributed by atoms with Gasteiger partial charge < -0.3 is 9.80 Å². The van der Waals surface area contributed by atoms with Crippen molar-refractivity contribution < 1.29 is 4.79 Å². The molecule has 0 unspecified atom stereocenters. The minimum Gasteiger partial charge on any atom is -0.324 e. The average molecular weight is 337 g/mol. The van der Waals surface area contributed by atoms with Crippen molar-refractivity contribution in [2.75, 3.05) is 32.5 Å². The van der Waals surface area contributed by atoms with Gasteiger partial charge in [-0.25, -0.2) is 4.79 Å². The Hall–Kier alpha value is -1.21. The molecule has 1 saturated heterocycles. The number of carbonyl (C=O) groups is 1. The molecule has 1 aromatic heterocycles. The third-order valence-corrected chi connectivity index (χ3v) is 6.09. The van der Waals surface area contributed by atoms with Crippen LogP contribution in [0.1, 0.15) is 55.9 Å². The lowest BCUT2D eigenvalue weighted by Gasteiger charge is -2.34. The van der Waals surface area contributed by atoms with Crippen LogP contribution in [0.2, 0.25) is 0 Å². The topological polar surface area (TPSA) is 61.4 Å². The maximum absolute atomic E-state index is 12.4. The van der Waals surface area contributed by atoms with Gasteiger partial charge in [0.2, 0.25) is 5.13 Å². The van der Waals surface area contributed by atoms with Crippen molar-refractivity contribution >= 4 is 22.5 Å². The lowest BCUT2D eigenvalue weighted by molar-refractivity contribution is 0.156. The van der Waals surface area contributed by atoms with Gasteiger partial charge in [-0.2, -0.15) is 0 Å². The molecule has 7 heteroatoms. The molecule has 2 heterocycles. The van der Waals surface area contributed by atoms with E-state index in [-0.39, 0.29) is 6.03 Å². The van der Waals surface area contributed by atoms with Crippen molar-refractivity contribution in [2.24, 2.45) is 0 Å². The van der Waals surface area contributed by atoms with Gasteiger partial charge in [-0.15, -0.1) is 10.2 Å². The summed E-state index contributed by atoms with van der Waals surface area (Å²) >= 11 is 1.55. The van der Waals surface area contributed by atoms with Gasteiger partial charge in [-0.3, -0.25) is 5.32 Å². The molecule has 2 amide bonds. The number of nitrogens with zero attached hydrogens (tertiary/aromatic N) is 4. The Morgan fingerprint density at radius 1 is 1.13 bits per heavy atom. The van der Waals surface area contributed by atoms with E-state index < -0.39 is 0 Å². The zero-order valence-corrected chi connectivity index (χ0v) is 14.9. The first-order chi connectivity index (χ1) is 11.1. The van der Waals surface area contributed by atoms with Gasteiger partial charge in [0.25, 0.3) is 0 Å². The van der Waals surface area contributed by atoms with E-state index in [0.717, 1.165) is 30.9 Å². The van der Waals surface area contributed by atoms with E-state index >= 15 is 0 Å². The summed E-state index contributed by atoms with van der Waals surface area (Å²) in [6.07, 6.45) is 8.39. The van der Waals surface area contributed by atoms with Crippen molar-refractivity contribution in [1.29, 1.82) is 0 Å². The molecule has 0 atom stereocenters. The molecule has 6 nitrogen and oxygen atoms in total. The van der Waals surface area contributed by atoms with E-state index in [4.69, 9.17) is 0 Å². The Kier molecular flexibility index (Phi) is 5.48. The number of nitrogens with one attached hydrogen (secondary N) is 1. The summed E-state index contributed by atoms with van der Waals surface area (Å²) in [5.41, 5.74) is 0. The average Bonchev–Trinajstić information content (AvgIpc) is 3.04. The zero-order chi connectivity index (χ0) is 16.2. The molecule has 0 bridgehead atoms. The largest absolute Gasteiger partial charge is 0.324 e. The molecule has 0 aromatic carbocycles. The maximum Gasteiger partial charge on any atom is 0.323 e. The van der Waals surface area contributed by atoms with Crippen LogP contribution in [0, 0.1) is 0 Å². The second-order valence-corrected chi connectivity index (χ2v) is 7.90. The van der Waals surface area contributed by atoms with Crippen LogP contribution < -0.4 is 5.32 Å². The van der Waals surface area contributed by atoms with Crippen LogP contribution >= 0.6 is 11.3 Å². The highest BCUT2D eigenvalue weighted by Gasteiger charge is 2.25. The van der Waals surface area contributed by atoms with Gasteiger partial charge in [0.1, 0.15) is 5.01 Å². The predicted molar refractivity (Wildman–Crippen MR) is 93.0 cm³/mol. The molecule has 2 fully saturated rings. The second-order valence-electron chi connectivity index (χ2n) is 6.89. The second kappa shape index (κ2) is 7.57. The summed E-state index contributed by atoms with van der Waals surface area (Å²) in [7, 11) is 4.21.